The van der Waals surface area contributed by atoms with Gasteiger partial charge in [-0.15, -0.1) is 0 Å². The van der Waals surface area contributed by atoms with Gasteiger partial charge in [0.1, 0.15) is 11.2 Å². The topological polar surface area (TPSA) is 63.5 Å². The predicted octanol–water partition coefficient (Wildman–Crippen LogP) is 3.23. The summed E-state index contributed by atoms with van der Waals surface area (Å²) in [5, 5.41) is 3.66. The summed E-state index contributed by atoms with van der Waals surface area (Å²) in [6.07, 6.45) is 5.07. The molecule has 0 radical (unpaired) electrons. The highest BCUT2D eigenvalue weighted by atomic mass is 35.5. The molecule has 1 N–H and O–H groups in total. The monoisotopic (exact) mass is 353 g/mol. The number of pyridine rings is 1. The number of hydrogen-bond acceptors (Lipinski definition) is 3. The molecule has 1 atom stereocenters. The van der Waals surface area contributed by atoms with E-state index in [-0.39, 0.29) is 17.2 Å². The Kier molecular flexibility index (Phi) is 4.01. The van der Waals surface area contributed by atoms with Crippen molar-refractivity contribution in [2.24, 2.45) is 5.92 Å². The second-order valence-electron chi connectivity index (χ2n) is 6.25. The third kappa shape index (κ3) is 3.15. The van der Waals surface area contributed by atoms with Gasteiger partial charge in [0.05, 0.1) is 6.04 Å². The molecule has 2 heterocycles. The summed E-state index contributed by atoms with van der Waals surface area (Å²) >= 11 is 5.95. The molecule has 1 saturated carbocycles. The SMILES string of the molecule is O=C(NC(c1ccc(Cl)cc1)C1CC1)c1cnc2ccccn2c1=O. The Labute approximate surface area is 149 Å². The number of carbonyl (C=O) groups is 1. The van der Waals surface area contributed by atoms with Gasteiger partial charge < -0.3 is 5.32 Å². The lowest BCUT2D eigenvalue weighted by Gasteiger charge is -2.19. The minimum Gasteiger partial charge on any atom is -0.345 e. The first-order valence-corrected chi connectivity index (χ1v) is 8.54. The molecule has 6 heteroatoms. The quantitative estimate of drug-likeness (QED) is 0.783. The van der Waals surface area contributed by atoms with Crippen molar-refractivity contribution in [2.45, 2.75) is 18.9 Å². The van der Waals surface area contributed by atoms with Crippen LogP contribution in [0, 0.1) is 5.92 Å². The number of rotatable bonds is 4. The molecule has 2 aromatic heterocycles. The van der Waals surface area contributed by atoms with Gasteiger partial charge >= 0.3 is 0 Å². The summed E-state index contributed by atoms with van der Waals surface area (Å²) < 4.78 is 1.38. The van der Waals surface area contributed by atoms with E-state index in [1.165, 1.54) is 10.6 Å². The number of carbonyl (C=O) groups excluding carboxylic acids is 1. The molecule has 25 heavy (non-hydrogen) atoms. The van der Waals surface area contributed by atoms with E-state index >= 15 is 0 Å². The molecule has 1 fully saturated rings. The van der Waals surface area contributed by atoms with Gasteiger partial charge in [0.15, 0.2) is 0 Å². The van der Waals surface area contributed by atoms with Crippen LogP contribution in [0.4, 0.5) is 0 Å². The van der Waals surface area contributed by atoms with Gasteiger partial charge in [-0.1, -0.05) is 29.8 Å². The maximum Gasteiger partial charge on any atom is 0.270 e. The number of hydrogen-bond donors (Lipinski definition) is 1. The van der Waals surface area contributed by atoms with E-state index in [4.69, 9.17) is 11.6 Å². The number of aromatic nitrogens is 2. The zero-order valence-corrected chi connectivity index (χ0v) is 14.1. The molecule has 0 aliphatic heterocycles. The molecule has 1 aliphatic rings. The molecule has 3 aromatic rings. The molecule has 1 aliphatic carbocycles. The standard InChI is InChI=1S/C19H16ClN3O2/c20-14-8-6-13(7-9-14)17(12-4-5-12)22-18(24)15-11-21-16-3-1-2-10-23(16)19(15)25/h1-3,6-12,17H,4-5H2,(H,22,24). The van der Waals surface area contributed by atoms with Crippen LogP contribution in [0.2, 0.25) is 5.02 Å². The maximum absolute atomic E-state index is 12.7. The second-order valence-corrected chi connectivity index (χ2v) is 6.68. The van der Waals surface area contributed by atoms with Crippen molar-refractivity contribution in [3.05, 3.63) is 81.4 Å². The Morgan fingerprint density at radius 1 is 1.20 bits per heavy atom. The molecule has 1 amide bonds. The lowest BCUT2D eigenvalue weighted by Crippen LogP contribution is -2.35. The molecule has 126 valence electrons. The van der Waals surface area contributed by atoms with Crippen LogP contribution in [0.25, 0.3) is 5.65 Å². The Hall–Kier alpha value is -2.66. The van der Waals surface area contributed by atoms with Gasteiger partial charge in [0.25, 0.3) is 11.5 Å². The molecule has 0 spiro atoms. The van der Waals surface area contributed by atoms with Gasteiger partial charge in [-0.3, -0.25) is 14.0 Å². The van der Waals surface area contributed by atoms with E-state index in [0.29, 0.717) is 16.6 Å². The van der Waals surface area contributed by atoms with Crippen LogP contribution in [-0.4, -0.2) is 15.3 Å². The summed E-state index contributed by atoms with van der Waals surface area (Å²) in [6, 6.07) is 12.6. The lowest BCUT2D eigenvalue weighted by atomic mass is 10.0. The molecule has 1 unspecified atom stereocenters. The van der Waals surface area contributed by atoms with Gasteiger partial charge in [0, 0.05) is 17.4 Å². The fourth-order valence-corrected chi connectivity index (χ4v) is 3.10. The number of fused-ring (bicyclic) bond motifs is 1. The van der Waals surface area contributed by atoms with Gasteiger partial charge in [0.2, 0.25) is 0 Å². The molecule has 0 saturated heterocycles. The van der Waals surface area contributed by atoms with Crippen LogP contribution in [0.1, 0.15) is 34.8 Å². The first kappa shape index (κ1) is 15.8. The first-order chi connectivity index (χ1) is 12.1. The van der Waals surface area contributed by atoms with E-state index in [9.17, 15) is 9.59 Å². The first-order valence-electron chi connectivity index (χ1n) is 8.16. The van der Waals surface area contributed by atoms with Crippen LogP contribution in [0.5, 0.6) is 0 Å². The Morgan fingerprint density at radius 3 is 2.68 bits per heavy atom. The minimum atomic E-state index is -0.400. The Bertz CT molecular complexity index is 993. The van der Waals surface area contributed by atoms with Crippen molar-refractivity contribution in [2.75, 3.05) is 0 Å². The number of amides is 1. The molecule has 4 rings (SSSR count). The Morgan fingerprint density at radius 2 is 1.96 bits per heavy atom. The van der Waals surface area contributed by atoms with Gasteiger partial charge in [-0.05, 0) is 48.6 Å². The summed E-state index contributed by atoms with van der Waals surface area (Å²) in [5.74, 6) is -0.0103. The molecule has 0 bridgehead atoms. The average molecular weight is 354 g/mol. The van der Waals surface area contributed by atoms with E-state index in [1.54, 1.807) is 24.4 Å². The van der Waals surface area contributed by atoms with E-state index in [2.05, 4.69) is 10.3 Å². The van der Waals surface area contributed by atoms with Crippen LogP contribution in [0.15, 0.2) is 59.7 Å². The summed E-state index contributed by atoms with van der Waals surface area (Å²) in [4.78, 5) is 29.5. The van der Waals surface area contributed by atoms with Crippen molar-refractivity contribution >= 4 is 23.2 Å². The van der Waals surface area contributed by atoms with Crippen molar-refractivity contribution in [3.63, 3.8) is 0 Å². The van der Waals surface area contributed by atoms with Crippen LogP contribution < -0.4 is 10.9 Å². The third-order valence-electron chi connectivity index (χ3n) is 4.47. The predicted molar refractivity (Wildman–Crippen MR) is 95.8 cm³/mol. The smallest absolute Gasteiger partial charge is 0.270 e. The lowest BCUT2D eigenvalue weighted by molar-refractivity contribution is 0.0929. The largest absolute Gasteiger partial charge is 0.345 e. The highest BCUT2D eigenvalue weighted by molar-refractivity contribution is 6.30. The highest BCUT2D eigenvalue weighted by Gasteiger charge is 2.34. The van der Waals surface area contributed by atoms with Crippen LogP contribution in [-0.2, 0) is 0 Å². The zero-order chi connectivity index (χ0) is 17.4. The number of benzene rings is 1. The highest BCUT2D eigenvalue weighted by Crippen LogP contribution is 2.41. The molecular formula is C19H16ClN3O2. The molecule has 1 aromatic carbocycles. The van der Waals surface area contributed by atoms with Gasteiger partial charge in [-0.25, -0.2) is 4.98 Å². The average Bonchev–Trinajstić information content (AvgIpc) is 3.46. The summed E-state index contributed by atoms with van der Waals surface area (Å²) in [5.41, 5.74) is 1.19. The van der Waals surface area contributed by atoms with Crippen molar-refractivity contribution in [1.29, 1.82) is 0 Å². The summed E-state index contributed by atoms with van der Waals surface area (Å²) in [7, 11) is 0. The maximum atomic E-state index is 12.7. The third-order valence-corrected chi connectivity index (χ3v) is 4.72. The van der Waals surface area contributed by atoms with Crippen molar-refractivity contribution in [1.82, 2.24) is 14.7 Å². The second kappa shape index (κ2) is 6.33. The van der Waals surface area contributed by atoms with E-state index in [1.807, 2.05) is 24.3 Å². The van der Waals surface area contributed by atoms with Crippen molar-refractivity contribution < 1.29 is 4.79 Å². The number of nitrogens with zero attached hydrogens (tertiary/aromatic N) is 2. The van der Waals surface area contributed by atoms with E-state index < -0.39 is 5.91 Å². The molecule has 5 nitrogen and oxygen atoms in total. The van der Waals surface area contributed by atoms with Crippen LogP contribution in [0.3, 0.4) is 0 Å². The zero-order valence-electron chi connectivity index (χ0n) is 13.4. The van der Waals surface area contributed by atoms with Crippen LogP contribution >= 0.6 is 11.6 Å². The summed E-state index contributed by atoms with van der Waals surface area (Å²) in [6.45, 7) is 0. The van der Waals surface area contributed by atoms with E-state index in [0.717, 1.165) is 18.4 Å². The van der Waals surface area contributed by atoms with Crippen molar-refractivity contribution in [3.8, 4) is 0 Å². The molecular weight excluding hydrogens is 338 g/mol. The minimum absolute atomic E-state index is 0.0447. The number of halogens is 1. The van der Waals surface area contributed by atoms with Gasteiger partial charge in [-0.2, -0.15) is 0 Å². The normalized spacial score (nSPS) is 15.1. The fourth-order valence-electron chi connectivity index (χ4n) is 2.97. The fraction of sp³-hybridized carbons (Fsp3) is 0.211. The number of nitrogens with one attached hydrogen (secondary N) is 1. The Balaban J connectivity index is 1.65.